The number of benzene rings is 1. The zero-order valence-corrected chi connectivity index (χ0v) is 22.8. The summed E-state index contributed by atoms with van der Waals surface area (Å²) in [6, 6.07) is 7.90. The van der Waals surface area contributed by atoms with E-state index in [1.165, 1.54) is 12.1 Å². The van der Waals surface area contributed by atoms with Crippen LogP contribution in [-0.4, -0.2) is 83.0 Å². The summed E-state index contributed by atoms with van der Waals surface area (Å²) < 4.78 is 25.7. The van der Waals surface area contributed by atoms with Crippen LogP contribution < -0.4 is 10.6 Å². The summed E-state index contributed by atoms with van der Waals surface area (Å²) in [6.07, 6.45) is 4.60. The van der Waals surface area contributed by atoms with Crippen LogP contribution in [0.4, 0.5) is 10.3 Å². The van der Waals surface area contributed by atoms with Crippen molar-refractivity contribution in [3.8, 4) is 22.6 Å². The predicted octanol–water partition coefficient (Wildman–Crippen LogP) is 3.40. The molecule has 3 aromatic rings. The van der Waals surface area contributed by atoms with E-state index in [4.69, 9.17) is 19.4 Å². The Labute approximate surface area is 232 Å². The molecule has 5 rings (SSSR count). The molecule has 0 radical (unpaired) electrons. The number of rotatable bonds is 11. The lowest BCUT2D eigenvalue weighted by Gasteiger charge is -2.35. The minimum absolute atomic E-state index is 0.102. The summed E-state index contributed by atoms with van der Waals surface area (Å²) in [7, 11) is 0. The van der Waals surface area contributed by atoms with E-state index in [0.29, 0.717) is 47.5 Å². The maximum Gasteiger partial charge on any atom is 0.230 e. The van der Waals surface area contributed by atoms with Crippen LogP contribution in [0.3, 0.4) is 0 Å². The Morgan fingerprint density at radius 1 is 1.18 bits per heavy atom. The van der Waals surface area contributed by atoms with E-state index in [1.54, 1.807) is 24.4 Å². The number of aromatic nitrogens is 4. The van der Waals surface area contributed by atoms with Crippen molar-refractivity contribution in [2.45, 2.75) is 33.0 Å². The second-order valence-corrected chi connectivity index (χ2v) is 10.3. The fourth-order valence-electron chi connectivity index (χ4n) is 4.51. The molecule has 212 valence electrons. The Morgan fingerprint density at radius 2 is 1.98 bits per heavy atom. The number of aliphatic imine (C=N–C) groups is 1. The molecule has 2 aromatic heterocycles. The highest BCUT2D eigenvalue weighted by molar-refractivity contribution is 5.82. The van der Waals surface area contributed by atoms with Crippen molar-refractivity contribution in [1.82, 2.24) is 30.2 Å². The number of hydrogen-bond donors (Lipinski definition) is 3. The SMILES string of the molecule is CCCNC(=O)C1(C)COC(c2nc(-c3ccc(F)cc3)c(-c3ccnc(NCCCN4CC=NC4)n3)[nH]2)OC1. The third-order valence-corrected chi connectivity index (χ3v) is 6.85. The highest BCUT2D eigenvalue weighted by Gasteiger charge is 2.40. The Morgan fingerprint density at radius 3 is 2.70 bits per heavy atom. The van der Waals surface area contributed by atoms with Crippen LogP contribution in [0.15, 0.2) is 41.5 Å². The van der Waals surface area contributed by atoms with E-state index in [1.807, 2.05) is 20.1 Å². The number of carbonyl (C=O) groups is 1. The number of nitrogens with zero attached hydrogens (tertiary/aromatic N) is 5. The molecule has 1 fully saturated rings. The zero-order chi connectivity index (χ0) is 28.0. The molecule has 0 aliphatic carbocycles. The third-order valence-electron chi connectivity index (χ3n) is 6.85. The third kappa shape index (κ3) is 6.52. The standard InChI is InChI=1S/C28H35FN8O3/c1-3-10-31-26(38)28(2)16-39-25(40-17-28)24-35-22(19-5-7-20(29)8-6-19)23(36-24)21-9-12-33-27(34-21)32-11-4-14-37-15-13-30-18-37/h5-9,12-13,25H,3-4,10-11,14-18H2,1-2H3,(H,31,38)(H,35,36)(H,32,33,34). The minimum atomic E-state index is -0.797. The number of amides is 1. The van der Waals surface area contributed by atoms with Crippen molar-refractivity contribution in [3.05, 3.63) is 48.2 Å². The second-order valence-electron chi connectivity index (χ2n) is 10.3. The van der Waals surface area contributed by atoms with Crippen molar-refractivity contribution >= 4 is 18.1 Å². The first-order chi connectivity index (χ1) is 19.4. The summed E-state index contributed by atoms with van der Waals surface area (Å²) in [4.78, 5) is 36.3. The van der Waals surface area contributed by atoms with E-state index in [9.17, 15) is 9.18 Å². The van der Waals surface area contributed by atoms with Gasteiger partial charge in [-0.05, 0) is 50.1 Å². The van der Waals surface area contributed by atoms with Crippen LogP contribution in [0.5, 0.6) is 0 Å². The Kier molecular flexibility index (Phi) is 8.78. The van der Waals surface area contributed by atoms with Crippen LogP contribution in [-0.2, 0) is 14.3 Å². The van der Waals surface area contributed by atoms with Gasteiger partial charge < -0.3 is 25.1 Å². The fraction of sp³-hybridized carbons (Fsp3) is 0.464. The van der Waals surface area contributed by atoms with Gasteiger partial charge in [0.2, 0.25) is 18.1 Å². The van der Waals surface area contributed by atoms with Gasteiger partial charge in [0.05, 0.1) is 42.4 Å². The van der Waals surface area contributed by atoms with Gasteiger partial charge in [-0.25, -0.2) is 19.3 Å². The fourth-order valence-corrected chi connectivity index (χ4v) is 4.51. The van der Waals surface area contributed by atoms with Crippen LogP contribution in [0.1, 0.15) is 38.8 Å². The van der Waals surface area contributed by atoms with Crippen molar-refractivity contribution < 1.29 is 18.7 Å². The summed E-state index contributed by atoms with van der Waals surface area (Å²) in [6.45, 7) is 8.07. The highest BCUT2D eigenvalue weighted by Crippen LogP contribution is 2.35. The number of nitrogens with one attached hydrogen (secondary N) is 3. The molecule has 2 aliphatic heterocycles. The average Bonchev–Trinajstić information content (AvgIpc) is 3.66. The first-order valence-electron chi connectivity index (χ1n) is 13.6. The normalized spacial score (nSPS) is 21.0. The molecular weight excluding hydrogens is 515 g/mol. The van der Waals surface area contributed by atoms with E-state index in [2.05, 4.69) is 30.5 Å². The highest BCUT2D eigenvalue weighted by atomic mass is 19.1. The number of aromatic amines is 1. The Hall–Kier alpha value is -3.74. The Bertz CT molecular complexity index is 1310. The van der Waals surface area contributed by atoms with Crippen LogP contribution in [0.25, 0.3) is 22.6 Å². The molecule has 0 saturated carbocycles. The smallest absolute Gasteiger partial charge is 0.230 e. The molecule has 0 bridgehead atoms. The average molecular weight is 551 g/mol. The quantitative estimate of drug-likeness (QED) is 0.310. The molecule has 40 heavy (non-hydrogen) atoms. The molecular formula is C28H35FN8O3. The molecule has 0 unspecified atom stereocenters. The van der Waals surface area contributed by atoms with Gasteiger partial charge in [0.1, 0.15) is 5.82 Å². The maximum absolute atomic E-state index is 13.7. The number of imidazole rings is 1. The molecule has 4 heterocycles. The van der Waals surface area contributed by atoms with Crippen molar-refractivity contribution in [3.63, 3.8) is 0 Å². The molecule has 0 spiro atoms. The number of H-pyrrole nitrogens is 1. The van der Waals surface area contributed by atoms with E-state index in [-0.39, 0.29) is 24.9 Å². The van der Waals surface area contributed by atoms with E-state index >= 15 is 0 Å². The number of ether oxygens (including phenoxy) is 2. The van der Waals surface area contributed by atoms with Crippen LogP contribution in [0, 0.1) is 11.2 Å². The van der Waals surface area contributed by atoms with Crippen molar-refractivity contribution in [2.75, 3.05) is 51.4 Å². The second kappa shape index (κ2) is 12.6. The van der Waals surface area contributed by atoms with Crippen molar-refractivity contribution in [1.29, 1.82) is 0 Å². The number of anilines is 1. The lowest BCUT2D eigenvalue weighted by molar-refractivity contribution is -0.231. The van der Waals surface area contributed by atoms with Crippen LogP contribution >= 0.6 is 0 Å². The summed E-state index contributed by atoms with van der Waals surface area (Å²) >= 11 is 0. The molecule has 1 amide bonds. The molecule has 1 aromatic carbocycles. The zero-order valence-electron chi connectivity index (χ0n) is 22.8. The number of halogens is 1. The van der Waals surface area contributed by atoms with Gasteiger partial charge >= 0.3 is 0 Å². The Balaban J connectivity index is 1.33. The monoisotopic (exact) mass is 550 g/mol. The lowest BCUT2D eigenvalue weighted by atomic mass is 9.91. The topological polar surface area (TPSA) is 130 Å². The molecule has 0 atom stereocenters. The maximum atomic E-state index is 13.7. The molecule has 12 heteroatoms. The molecule has 1 saturated heterocycles. The molecule has 3 N–H and O–H groups in total. The summed E-state index contributed by atoms with van der Waals surface area (Å²) in [5.41, 5.74) is 1.73. The predicted molar refractivity (Wildman–Crippen MR) is 149 cm³/mol. The van der Waals surface area contributed by atoms with Gasteiger partial charge in [0, 0.05) is 44.2 Å². The van der Waals surface area contributed by atoms with E-state index < -0.39 is 11.7 Å². The van der Waals surface area contributed by atoms with E-state index in [0.717, 1.165) is 32.6 Å². The number of hydrogen-bond acceptors (Lipinski definition) is 9. The van der Waals surface area contributed by atoms with Gasteiger partial charge in [-0.15, -0.1) is 0 Å². The molecule has 2 aliphatic rings. The number of carbonyl (C=O) groups excluding carboxylic acids is 1. The summed E-state index contributed by atoms with van der Waals surface area (Å²) in [5.74, 6) is 0.492. The van der Waals surface area contributed by atoms with Gasteiger partial charge in [0.15, 0.2) is 5.82 Å². The van der Waals surface area contributed by atoms with Gasteiger partial charge in [0.25, 0.3) is 0 Å². The first-order valence-corrected chi connectivity index (χ1v) is 13.6. The lowest BCUT2D eigenvalue weighted by Crippen LogP contribution is -2.48. The van der Waals surface area contributed by atoms with Gasteiger partial charge in [-0.3, -0.25) is 14.7 Å². The van der Waals surface area contributed by atoms with Crippen molar-refractivity contribution in [2.24, 2.45) is 10.4 Å². The van der Waals surface area contributed by atoms with Gasteiger partial charge in [-0.2, -0.15) is 0 Å². The molecule has 11 nitrogen and oxygen atoms in total. The largest absolute Gasteiger partial charge is 0.355 e. The minimum Gasteiger partial charge on any atom is -0.355 e. The first kappa shape index (κ1) is 27.8. The summed E-state index contributed by atoms with van der Waals surface area (Å²) in [5, 5.41) is 6.20. The van der Waals surface area contributed by atoms with Gasteiger partial charge in [-0.1, -0.05) is 6.92 Å². The van der Waals surface area contributed by atoms with Crippen LogP contribution in [0.2, 0.25) is 0 Å².